The number of carbonyl (C=O) groups excluding carboxylic acids is 1. The van der Waals surface area contributed by atoms with E-state index in [-0.39, 0.29) is 17.4 Å². The molecule has 6 heteroatoms. The second-order valence-corrected chi connectivity index (χ2v) is 9.85. The van der Waals surface area contributed by atoms with Gasteiger partial charge in [0.2, 0.25) is 5.91 Å². The summed E-state index contributed by atoms with van der Waals surface area (Å²) in [7, 11) is -1.53. The molecule has 1 aliphatic heterocycles. The van der Waals surface area contributed by atoms with Gasteiger partial charge in [-0.3, -0.25) is 4.79 Å². The summed E-state index contributed by atoms with van der Waals surface area (Å²) in [5, 5.41) is 0. The Kier molecular flexibility index (Phi) is 6.08. The molecule has 0 aromatic heterocycles. The first-order chi connectivity index (χ1) is 13.3. The van der Waals surface area contributed by atoms with E-state index in [1.165, 1.54) is 5.56 Å². The topological polar surface area (TPSA) is 63.7 Å². The molecule has 5 nitrogen and oxygen atoms in total. The number of ether oxygens (including phenoxy) is 1. The van der Waals surface area contributed by atoms with Gasteiger partial charge >= 0.3 is 0 Å². The average Bonchev–Trinajstić information content (AvgIpc) is 3.06. The minimum atomic E-state index is -3.12. The second kappa shape index (κ2) is 8.35. The fourth-order valence-electron chi connectivity index (χ4n) is 3.46. The van der Waals surface area contributed by atoms with Crippen LogP contribution in [0.3, 0.4) is 0 Å². The Morgan fingerprint density at radius 1 is 1.11 bits per heavy atom. The van der Waals surface area contributed by atoms with Crippen LogP contribution < -0.4 is 9.64 Å². The van der Waals surface area contributed by atoms with Crippen molar-refractivity contribution >= 4 is 21.4 Å². The zero-order chi connectivity index (χ0) is 20.3. The van der Waals surface area contributed by atoms with Crippen LogP contribution in [0, 0.1) is 5.92 Å². The SMILES string of the molecule is COc1ccc(N(Cc2ccc(C(C)C)cc2)C(=O)C2CCS(=O)(=O)C2)cc1. The first-order valence-corrected chi connectivity index (χ1v) is 11.4. The van der Waals surface area contributed by atoms with Crippen LogP contribution in [0.5, 0.6) is 5.75 Å². The fourth-order valence-corrected chi connectivity index (χ4v) is 5.19. The van der Waals surface area contributed by atoms with E-state index in [0.29, 0.717) is 24.6 Å². The summed E-state index contributed by atoms with van der Waals surface area (Å²) in [4.78, 5) is 14.9. The van der Waals surface area contributed by atoms with Gasteiger partial charge in [0.25, 0.3) is 0 Å². The number of carbonyl (C=O) groups is 1. The van der Waals surface area contributed by atoms with Gasteiger partial charge in [0.1, 0.15) is 5.75 Å². The highest BCUT2D eigenvalue weighted by Gasteiger charge is 2.35. The molecule has 1 amide bonds. The van der Waals surface area contributed by atoms with Gasteiger partial charge in [-0.25, -0.2) is 8.42 Å². The molecule has 2 aromatic rings. The minimum Gasteiger partial charge on any atom is -0.497 e. The highest BCUT2D eigenvalue weighted by Crippen LogP contribution is 2.27. The summed E-state index contributed by atoms with van der Waals surface area (Å²) in [5.74, 6) is 0.549. The van der Waals surface area contributed by atoms with E-state index in [9.17, 15) is 13.2 Å². The van der Waals surface area contributed by atoms with E-state index in [1.54, 1.807) is 12.0 Å². The number of amides is 1. The quantitative estimate of drug-likeness (QED) is 0.739. The number of benzene rings is 2. The largest absolute Gasteiger partial charge is 0.497 e. The molecule has 1 aliphatic rings. The second-order valence-electron chi connectivity index (χ2n) is 7.62. The van der Waals surface area contributed by atoms with Gasteiger partial charge in [0.05, 0.1) is 31.1 Å². The van der Waals surface area contributed by atoms with E-state index >= 15 is 0 Å². The van der Waals surface area contributed by atoms with Gasteiger partial charge in [0, 0.05) is 5.69 Å². The molecule has 0 radical (unpaired) electrons. The Bertz CT molecular complexity index is 918. The Morgan fingerprint density at radius 2 is 1.75 bits per heavy atom. The zero-order valence-electron chi connectivity index (χ0n) is 16.6. The number of sulfone groups is 1. The van der Waals surface area contributed by atoms with Crippen molar-refractivity contribution < 1.29 is 17.9 Å². The van der Waals surface area contributed by atoms with Crippen LogP contribution in [0.1, 0.15) is 37.3 Å². The van der Waals surface area contributed by atoms with E-state index in [4.69, 9.17) is 4.74 Å². The van der Waals surface area contributed by atoms with Gasteiger partial charge < -0.3 is 9.64 Å². The van der Waals surface area contributed by atoms with Crippen LogP contribution >= 0.6 is 0 Å². The van der Waals surface area contributed by atoms with E-state index in [2.05, 4.69) is 26.0 Å². The molecule has 0 saturated carbocycles. The number of anilines is 1. The highest BCUT2D eigenvalue weighted by atomic mass is 32.2. The maximum absolute atomic E-state index is 13.2. The molecule has 0 bridgehead atoms. The number of rotatable bonds is 6. The number of nitrogens with zero attached hydrogens (tertiary/aromatic N) is 1. The lowest BCUT2D eigenvalue weighted by Crippen LogP contribution is -2.36. The van der Waals surface area contributed by atoms with Crippen LogP contribution in [-0.2, 0) is 21.2 Å². The number of methoxy groups -OCH3 is 1. The van der Waals surface area contributed by atoms with Crippen molar-refractivity contribution in [2.75, 3.05) is 23.5 Å². The first kappa shape index (κ1) is 20.4. The molecule has 1 fully saturated rings. The van der Waals surface area contributed by atoms with E-state index in [1.807, 2.05) is 36.4 Å². The Hall–Kier alpha value is -2.34. The molecule has 150 valence electrons. The molecule has 1 heterocycles. The van der Waals surface area contributed by atoms with Crippen molar-refractivity contribution in [3.63, 3.8) is 0 Å². The standard InChI is InChI=1S/C22H27NO4S/c1-16(2)18-6-4-17(5-7-18)14-23(20-8-10-21(27-3)11-9-20)22(24)19-12-13-28(25,26)15-19/h4-11,16,19H,12-15H2,1-3H3. The lowest BCUT2D eigenvalue weighted by Gasteiger charge is -2.26. The van der Waals surface area contributed by atoms with Gasteiger partial charge in [-0.05, 0) is 47.7 Å². The lowest BCUT2D eigenvalue weighted by molar-refractivity contribution is -0.121. The predicted octanol–water partition coefficient (Wildman–Crippen LogP) is 3.79. The summed E-state index contributed by atoms with van der Waals surface area (Å²) >= 11 is 0. The summed E-state index contributed by atoms with van der Waals surface area (Å²) in [6.07, 6.45) is 0.389. The third-order valence-corrected chi connectivity index (χ3v) is 6.99. The minimum absolute atomic E-state index is 0.0647. The third kappa shape index (κ3) is 4.73. The van der Waals surface area contributed by atoms with Crippen LogP contribution in [0.2, 0.25) is 0 Å². The summed E-state index contributed by atoms with van der Waals surface area (Å²) in [6.45, 7) is 4.69. The monoisotopic (exact) mass is 401 g/mol. The maximum atomic E-state index is 13.2. The molecule has 0 N–H and O–H groups in total. The van der Waals surface area contributed by atoms with Crippen molar-refractivity contribution in [2.45, 2.75) is 32.7 Å². The predicted molar refractivity (Wildman–Crippen MR) is 111 cm³/mol. The molecule has 1 atom stereocenters. The van der Waals surface area contributed by atoms with Crippen molar-refractivity contribution in [3.8, 4) is 5.75 Å². The van der Waals surface area contributed by atoms with Crippen molar-refractivity contribution in [1.82, 2.24) is 0 Å². The third-order valence-electron chi connectivity index (χ3n) is 5.22. The van der Waals surface area contributed by atoms with Gasteiger partial charge in [-0.1, -0.05) is 38.1 Å². The van der Waals surface area contributed by atoms with Crippen LogP contribution in [0.4, 0.5) is 5.69 Å². The Morgan fingerprint density at radius 3 is 2.25 bits per heavy atom. The van der Waals surface area contributed by atoms with Gasteiger partial charge in [-0.15, -0.1) is 0 Å². The molecular weight excluding hydrogens is 374 g/mol. The van der Waals surface area contributed by atoms with Crippen molar-refractivity contribution in [1.29, 1.82) is 0 Å². The van der Waals surface area contributed by atoms with Crippen molar-refractivity contribution in [3.05, 3.63) is 59.7 Å². The number of hydrogen-bond donors (Lipinski definition) is 0. The number of hydrogen-bond acceptors (Lipinski definition) is 4. The molecule has 0 aliphatic carbocycles. The summed E-state index contributed by atoms with van der Waals surface area (Å²) < 4.78 is 28.9. The lowest BCUT2D eigenvalue weighted by atomic mass is 10.0. The normalized spacial score (nSPS) is 18.2. The van der Waals surface area contributed by atoms with Crippen LogP contribution in [0.25, 0.3) is 0 Å². The molecule has 1 saturated heterocycles. The first-order valence-electron chi connectivity index (χ1n) is 9.54. The van der Waals surface area contributed by atoms with E-state index < -0.39 is 15.8 Å². The molecular formula is C22H27NO4S. The molecule has 28 heavy (non-hydrogen) atoms. The van der Waals surface area contributed by atoms with E-state index in [0.717, 1.165) is 11.3 Å². The molecule has 3 rings (SSSR count). The van der Waals surface area contributed by atoms with Gasteiger partial charge in [-0.2, -0.15) is 0 Å². The fraction of sp³-hybridized carbons (Fsp3) is 0.409. The van der Waals surface area contributed by atoms with Crippen molar-refractivity contribution in [2.24, 2.45) is 5.92 Å². The average molecular weight is 402 g/mol. The van der Waals surface area contributed by atoms with Crippen LogP contribution in [0.15, 0.2) is 48.5 Å². The highest BCUT2D eigenvalue weighted by molar-refractivity contribution is 7.91. The maximum Gasteiger partial charge on any atom is 0.231 e. The smallest absolute Gasteiger partial charge is 0.231 e. The molecule has 2 aromatic carbocycles. The summed E-state index contributed by atoms with van der Waals surface area (Å²) in [6, 6.07) is 15.5. The summed E-state index contributed by atoms with van der Waals surface area (Å²) in [5.41, 5.74) is 2.99. The van der Waals surface area contributed by atoms with Crippen LogP contribution in [-0.4, -0.2) is 32.9 Å². The zero-order valence-corrected chi connectivity index (χ0v) is 17.4. The Balaban J connectivity index is 1.88. The molecule has 1 unspecified atom stereocenters. The van der Waals surface area contributed by atoms with Gasteiger partial charge in [0.15, 0.2) is 9.84 Å². The Labute approximate surface area is 167 Å². The molecule has 0 spiro atoms.